The zero-order valence-electron chi connectivity index (χ0n) is 20.8. The normalized spacial score (nSPS) is 20.1. The highest BCUT2D eigenvalue weighted by atomic mass is 35.5. The van der Waals surface area contributed by atoms with E-state index >= 15 is 0 Å². The molecule has 2 unspecified atom stereocenters. The van der Waals surface area contributed by atoms with Crippen LogP contribution in [0.5, 0.6) is 0 Å². The number of benzene rings is 2. The second-order valence-electron chi connectivity index (χ2n) is 9.94. The molecule has 1 N–H and O–H groups in total. The van der Waals surface area contributed by atoms with E-state index in [4.69, 9.17) is 31.6 Å². The molecule has 9 heteroatoms. The summed E-state index contributed by atoms with van der Waals surface area (Å²) in [4.78, 5) is 15.6. The lowest BCUT2D eigenvalue weighted by Gasteiger charge is -2.20. The minimum Gasteiger partial charge on any atom is -0.483 e. The summed E-state index contributed by atoms with van der Waals surface area (Å²) in [6.07, 6.45) is 3.99. The molecule has 0 spiro atoms. The number of hydrogen-bond acceptors (Lipinski definition) is 5. The Morgan fingerprint density at radius 1 is 1.05 bits per heavy atom. The summed E-state index contributed by atoms with van der Waals surface area (Å²) in [7, 11) is 1.95. The van der Waals surface area contributed by atoms with Gasteiger partial charge in [0, 0.05) is 47.7 Å². The number of pyridine rings is 1. The summed E-state index contributed by atoms with van der Waals surface area (Å²) in [5.74, 6) is 3.62. The third kappa shape index (κ3) is 3.83. The summed E-state index contributed by atoms with van der Waals surface area (Å²) in [6, 6.07) is 14.5. The smallest absolute Gasteiger partial charge is 0.290 e. The van der Waals surface area contributed by atoms with Crippen molar-refractivity contribution in [3.05, 3.63) is 65.4 Å². The monoisotopic (exact) mass is 514 g/mol. The minimum absolute atomic E-state index is 0.250. The van der Waals surface area contributed by atoms with Crippen LogP contribution in [0.1, 0.15) is 12.5 Å². The molecule has 2 aromatic carbocycles. The van der Waals surface area contributed by atoms with Crippen molar-refractivity contribution in [3.8, 4) is 16.9 Å². The van der Waals surface area contributed by atoms with Crippen LogP contribution in [0.15, 0.2) is 54.9 Å². The van der Waals surface area contributed by atoms with Crippen molar-refractivity contribution in [2.24, 2.45) is 24.8 Å². The topological polar surface area (TPSA) is 89.1 Å². The molecule has 1 aliphatic carbocycles. The summed E-state index contributed by atoms with van der Waals surface area (Å²) in [5, 5.41) is 19.5. The standard InChI is InChI=1S/C27H25ClN6.CH2O2/c1-15-20-13-33(14-21(15)20)25-10-7-17(11-29-25)34-27-16(2)23(28)9-8-19(27)26(31-34)18-5-4-6-24-22(18)12-32(3)30-24;2-1-3/h4-12,15,20-21H,13-14H2,1-3H3;1H,(H,2,3)/t15?,20-,21?;/m1./s1. The fraction of sp³-hybridized carbons (Fsp3) is 0.286. The number of piperidine rings is 1. The lowest BCUT2D eigenvalue weighted by Crippen LogP contribution is -2.24. The van der Waals surface area contributed by atoms with E-state index < -0.39 is 0 Å². The molecular weight excluding hydrogens is 488 g/mol. The van der Waals surface area contributed by atoms with Crippen molar-refractivity contribution in [1.29, 1.82) is 0 Å². The molecular formula is C28H27ClN6O2. The first-order chi connectivity index (χ1) is 17.9. The fourth-order valence-electron chi connectivity index (χ4n) is 5.80. The van der Waals surface area contributed by atoms with Gasteiger partial charge in [0.25, 0.3) is 6.47 Å². The van der Waals surface area contributed by atoms with E-state index in [9.17, 15) is 0 Å². The van der Waals surface area contributed by atoms with Gasteiger partial charge >= 0.3 is 0 Å². The summed E-state index contributed by atoms with van der Waals surface area (Å²) in [5.41, 5.74) is 5.89. The van der Waals surface area contributed by atoms with Crippen molar-refractivity contribution < 1.29 is 9.90 Å². The van der Waals surface area contributed by atoms with E-state index in [1.807, 2.05) is 40.8 Å². The average Bonchev–Trinajstić information content (AvgIpc) is 3.34. The molecule has 37 heavy (non-hydrogen) atoms. The predicted octanol–water partition coefficient (Wildman–Crippen LogP) is 5.34. The first-order valence-electron chi connectivity index (χ1n) is 12.3. The largest absolute Gasteiger partial charge is 0.483 e. The number of fused-ring (bicyclic) bond motifs is 3. The Labute approximate surface area is 219 Å². The number of halogens is 1. The van der Waals surface area contributed by atoms with Gasteiger partial charge in [0.05, 0.1) is 22.9 Å². The van der Waals surface area contributed by atoms with E-state index in [1.54, 1.807) is 0 Å². The molecule has 1 saturated carbocycles. The molecule has 7 rings (SSSR count). The van der Waals surface area contributed by atoms with E-state index in [-0.39, 0.29) is 6.47 Å². The van der Waals surface area contributed by atoms with Crippen molar-refractivity contribution in [1.82, 2.24) is 24.5 Å². The van der Waals surface area contributed by atoms with Gasteiger partial charge in [-0.15, -0.1) is 0 Å². The molecule has 0 bridgehead atoms. The Morgan fingerprint density at radius 3 is 2.51 bits per heavy atom. The second kappa shape index (κ2) is 8.88. The molecule has 0 amide bonds. The molecule has 2 aliphatic rings. The van der Waals surface area contributed by atoms with Crippen LogP contribution >= 0.6 is 11.6 Å². The van der Waals surface area contributed by atoms with Gasteiger partial charge in [-0.05, 0) is 60.6 Å². The Kier molecular flexibility index (Phi) is 5.64. The highest BCUT2D eigenvalue weighted by Gasteiger charge is 2.52. The molecule has 4 heterocycles. The quantitative estimate of drug-likeness (QED) is 0.327. The fourth-order valence-corrected chi connectivity index (χ4v) is 5.95. The van der Waals surface area contributed by atoms with Crippen LogP contribution in [0.3, 0.4) is 0 Å². The van der Waals surface area contributed by atoms with E-state index in [2.05, 4.69) is 54.3 Å². The van der Waals surface area contributed by atoms with Crippen LogP contribution in [-0.2, 0) is 11.8 Å². The van der Waals surface area contributed by atoms with E-state index in [0.29, 0.717) is 0 Å². The molecule has 0 radical (unpaired) electrons. The maximum atomic E-state index is 8.36. The van der Waals surface area contributed by atoms with Crippen LogP contribution in [0.4, 0.5) is 5.82 Å². The summed E-state index contributed by atoms with van der Waals surface area (Å²) >= 11 is 6.56. The number of aromatic nitrogens is 5. The van der Waals surface area contributed by atoms with Gasteiger partial charge < -0.3 is 10.0 Å². The predicted molar refractivity (Wildman–Crippen MR) is 145 cm³/mol. The minimum atomic E-state index is -0.250. The Morgan fingerprint density at radius 2 is 1.81 bits per heavy atom. The molecule has 1 saturated heterocycles. The number of rotatable bonds is 3. The third-order valence-electron chi connectivity index (χ3n) is 7.87. The van der Waals surface area contributed by atoms with Gasteiger partial charge in [-0.2, -0.15) is 10.2 Å². The van der Waals surface area contributed by atoms with Crippen molar-refractivity contribution in [2.75, 3.05) is 18.0 Å². The number of hydrogen-bond donors (Lipinski definition) is 1. The number of carboxylic acid groups (broad SMARTS) is 1. The van der Waals surface area contributed by atoms with Gasteiger partial charge in [0.2, 0.25) is 0 Å². The first-order valence-corrected chi connectivity index (χ1v) is 12.7. The Hall–Kier alpha value is -3.91. The average molecular weight is 515 g/mol. The van der Waals surface area contributed by atoms with Gasteiger partial charge in [-0.25, -0.2) is 9.67 Å². The molecule has 3 atom stereocenters. The van der Waals surface area contributed by atoms with Crippen molar-refractivity contribution >= 4 is 45.7 Å². The Bertz CT molecular complexity index is 1630. The van der Waals surface area contributed by atoms with Crippen LogP contribution in [0, 0.1) is 24.7 Å². The van der Waals surface area contributed by atoms with Crippen LogP contribution in [-0.4, -0.2) is 49.2 Å². The highest BCUT2D eigenvalue weighted by molar-refractivity contribution is 6.32. The molecule has 3 aromatic heterocycles. The number of anilines is 1. The van der Waals surface area contributed by atoms with Gasteiger partial charge in [-0.3, -0.25) is 9.48 Å². The molecule has 188 valence electrons. The molecule has 5 aromatic rings. The van der Waals surface area contributed by atoms with Crippen LogP contribution in [0.2, 0.25) is 5.02 Å². The molecule has 8 nitrogen and oxygen atoms in total. The van der Waals surface area contributed by atoms with Gasteiger partial charge in [0.1, 0.15) is 11.5 Å². The zero-order valence-corrected chi connectivity index (χ0v) is 21.6. The van der Waals surface area contributed by atoms with Gasteiger partial charge in [0.15, 0.2) is 0 Å². The Balaban J connectivity index is 0.000000804. The zero-order chi connectivity index (χ0) is 25.8. The number of aryl methyl sites for hydroxylation is 2. The second-order valence-corrected chi connectivity index (χ2v) is 10.3. The maximum absolute atomic E-state index is 8.36. The lowest BCUT2D eigenvalue weighted by molar-refractivity contribution is -0.122. The number of nitrogens with zero attached hydrogens (tertiary/aromatic N) is 6. The summed E-state index contributed by atoms with van der Waals surface area (Å²) in [6.45, 7) is 6.41. The van der Waals surface area contributed by atoms with Crippen molar-refractivity contribution in [3.63, 3.8) is 0 Å². The van der Waals surface area contributed by atoms with Crippen molar-refractivity contribution in [2.45, 2.75) is 13.8 Å². The SMILES string of the molecule is Cc1c(Cl)ccc2c(-c3cccc4nn(C)cc34)nn(-c3ccc(N4CC5C(C)[C@H]5C4)nc3)c12.O=CO. The molecule has 2 fully saturated rings. The van der Waals surface area contributed by atoms with Crippen LogP contribution in [0.25, 0.3) is 38.8 Å². The first kappa shape index (κ1) is 23.5. The lowest BCUT2D eigenvalue weighted by atomic mass is 10.0. The number of carbonyl (C=O) groups is 1. The van der Waals surface area contributed by atoms with E-state index in [0.717, 1.165) is 86.0 Å². The third-order valence-corrected chi connectivity index (χ3v) is 8.28. The summed E-state index contributed by atoms with van der Waals surface area (Å²) < 4.78 is 3.84. The highest BCUT2D eigenvalue weighted by Crippen LogP contribution is 2.51. The van der Waals surface area contributed by atoms with E-state index in [1.165, 1.54) is 0 Å². The van der Waals surface area contributed by atoms with Crippen LogP contribution < -0.4 is 4.90 Å². The molecule has 1 aliphatic heterocycles. The maximum Gasteiger partial charge on any atom is 0.290 e. The van der Waals surface area contributed by atoms with Gasteiger partial charge in [-0.1, -0.05) is 30.7 Å².